The lowest BCUT2D eigenvalue weighted by molar-refractivity contribution is -0.274. The van der Waals surface area contributed by atoms with Crippen LogP contribution in [0, 0.1) is 11.3 Å². The minimum Gasteiger partial charge on any atom is -0.406 e. The van der Waals surface area contributed by atoms with Gasteiger partial charge in [-0.2, -0.15) is 14.3 Å². The van der Waals surface area contributed by atoms with Gasteiger partial charge >= 0.3 is 6.36 Å². The molecule has 128 valence electrons. The van der Waals surface area contributed by atoms with Crippen molar-refractivity contribution < 1.29 is 17.9 Å². The van der Waals surface area contributed by atoms with Crippen LogP contribution in [0.3, 0.4) is 0 Å². The number of alkyl halides is 3. The SMILES string of the molecule is N#Cc1c(Cl)nsc1Sc1nnnn1-c1ccc(OC(F)(F)F)cc1. The van der Waals surface area contributed by atoms with E-state index in [0.717, 1.165) is 35.4 Å². The molecule has 2 aromatic heterocycles. The van der Waals surface area contributed by atoms with E-state index in [1.807, 2.05) is 6.07 Å². The summed E-state index contributed by atoms with van der Waals surface area (Å²) in [6.45, 7) is 0. The Hall–Kier alpha value is -2.36. The average molecular weight is 405 g/mol. The zero-order chi connectivity index (χ0) is 18.0. The summed E-state index contributed by atoms with van der Waals surface area (Å²) in [5, 5.41) is 20.6. The minimum atomic E-state index is -4.77. The first-order chi connectivity index (χ1) is 11.9. The van der Waals surface area contributed by atoms with Crippen LogP contribution in [-0.2, 0) is 0 Å². The maximum absolute atomic E-state index is 12.2. The molecule has 3 rings (SSSR count). The Balaban J connectivity index is 1.85. The summed E-state index contributed by atoms with van der Waals surface area (Å²) in [6, 6.07) is 6.96. The van der Waals surface area contributed by atoms with Crippen molar-refractivity contribution in [3.05, 3.63) is 35.0 Å². The Bertz CT molecular complexity index is 934. The average Bonchev–Trinajstić information content (AvgIpc) is 3.14. The maximum Gasteiger partial charge on any atom is 0.573 e. The van der Waals surface area contributed by atoms with E-state index in [0.29, 0.717) is 15.1 Å². The van der Waals surface area contributed by atoms with Gasteiger partial charge in [-0.25, -0.2) is 0 Å². The van der Waals surface area contributed by atoms with Crippen molar-refractivity contribution in [2.75, 3.05) is 0 Å². The molecule has 0 bridgehead atoms. The van der Waals surface area contributed by atoms with E-state index in [9.17, 15) is 13.2 Å². The van der Waals surface area contributed by atoms with E-state index in [2.05, 4.69) is 24.6 Å². The molecular weight excluding hydrogens is 401 g/mol. The van der Waals surface area contributed by atoms with E-state index in [4.69, 9.17) is 16.9 Å². The number of ether oxygens (including phenoxy) is 1. The smallest absolute Gasteiger partial charge is 0.406 e. The molecule has 3 aromatic rings. The van der Waals surface area contributed by atoms with Crippen LogP contribution in [0.4, 0.5) is 13.2 Å². The molecule has 0 radical (unpaired) electrons. The van der Waals surface area contributed by atoms with Crippen molar-refractivity contribution in [1.82, 2.24) is 24.6 Å². The number of tetrazole rings is 1. The summed E-state index contributed by atoms with van der Waals surface area (Å²) in [7, 11) is 0. The van der Waals surface area contributed by atoms with E-state index < -0.39 is 6.36 Å². The lowest BCUT2D eigenvalue weighted by Gasteiger charge is -2.09. The Morgan fingerprint density at radius 3 is 2.64 bits per heavy atom. The number of hydrogen-bond acceptors (Lipinski definition) is 8. The van der Waals surface area contributed by atoms with Gasteiger partial charge in [0.05, 0.1) is 5.69 Å². The predicted octanol–water partition coefficient (Wildman–Crippen LogP) is 3.69. The molecule has 0 aliphatic heterocycles. The summed E-state index contributed by atoms with van der Waals surface area (Å²) in [5.74, 6) is -0.362. The molecule has 0 spiro atoms. The molecule has 0 saturated heterocycles. The van der Waals surface area contributed by atoms with E-state index in [-0.39, 0.29) is 16.5 Å². The van der Waals surface area contributed by atoms with Crippen molar-refractivity contribution in [3.63, 3.8) is 0 Å². The largest absolute Gasteiger partial charge is 0.573 e. The number of rotatable bonds is 4. The molecule has 1 aromatic carbocycles. The van der Waals surface area contributed by atoms with Gasteiger partial charge in [-0.15, -0.1) is 18.3 Å². The van der Waals surface area contributed by atoms with Gasteiger partial charge in [-0.1, -0.05) is 11.6 Å². The topological polar surface area (TPSA) is 89.5 Å². The normalized spacial score (nSPS) is 11.3. The van der Waals surface area contributed by atoms with Crippen LogP contribution in [-0.4, -0.2) is 30.9 Å². The molecule has 0 saturated carbocycles. The van der Waals surface area contributed by atoms with Gasteiger partial charge in [0.1, 0.15) is 21.6 Å². The quantitative estimate of drug-likeness (QED) is 0.655. The number of aromatic nitrogens is 5. The van der Waals surface area contributed by atoms with Crippen molar-refractivity contribution in [1.29, 1.82) is 5.26 Å². The summed E-state index contributed by atoms with van der Waals surface area (Å²) >= 11 is 7.89. The maximum atomic E-state index is 12.2. The predicted molar refractivity (Wildman–Crippen MR) is 81.8 cm³/mol. The molecular formula is C12H4ClF3N6OS2. The lowest BCUT2D eigenvalue weighted by Crippen LogP contribution is -2.17. The van der Waals surface area contributed by atoms with Gasteiger partial charge in [-0.3, -0.25) is 0 Å². The highest BCUT2D eigenvalue weighted by molar-refractivity contribution is 8.01. The molecule has 0 atom stereocenters. The number of nitriles is 1. The van der Waals surface area contributed by atoms with Gasteiger partial charge in [-0.05, 0) is 58.0 Å². The Labute approximate surface area is 151 Å². The fourth-order valence-electron chi connectivity index (χ4n) is 1.69. The number of halogens is 4. The van der Waals surface area contributed by atoms with Gasteiger partial charge in [0.25, 0.3) is 0 Å². The highest BCUT2D eigenvalue weighted by Crippen LogP contribution is 2.36. The third-order valence-corrected chi connectivity index (χ3v) is 4.99. The standard InChI is InChI=1S/C12H4ClF3N6OS2/c13-9-8(5-17)10(25-19-9)24-11-18-20-21-22(11)6-1-3-7(4-2-6)23-12(14,15)16/h1-4H. The van der Waals surface area contributed by atoms with Gasteiger partial charge in [0.2, 0.25) is 5.16 Å². The first-order valence-corrected chi connectivity index (χ1v) is 8.22. The number of nitrogens with zero attached hydrogens (tertiary/aromatic N) is 6. The molecule has 0 N–H and O–H groups in total. The molecule has 0 amide bonds. The fraction of sp³-hybridized carbons (Fsp3) is 0.0833. The second-order valence-corrected chi connectivity index (χ2v) is 6.63. The molecule has 2 heterocycles. The molecule has 7 nitrogen and oxygen atoms in total. The molecule has 0 aliphatic rings. The third-order valence-electron chi connectivity index (χ3n) is 2.67. The summed E-state index contributed by atoms with van der Waals surface area (Å²) in [6.07, 6.45) is -4.77. The number of hydrogen-bond donors (Lipinski definition) is 0. The van der Waals surface area contributed by atoms with Crippen molar-refractivity contribution >= 4 is 34.9 Å². The first-order valence-electron chi connectivity index (χ1n) is 6.25. The van der Waals surface area contributed by atoms with Crippen molar-refractivity contribution in [2.24, 2.45) is 0 Å². The van der Waals surface area contributed by atoms with Gasteiger partial charge < -0.3 is 4.74 Å². The Kier molecular flexibility index (Phi) is 4.80. The number of benzene rings is 1. The lowest BCUT2D eigenvalue weighted by atomic mass is 10.3. The minimum absolute atomic E-state index is 0.0858. The molecule has 0 unspecified atom stereocenters. The first kappa shape index (κ1) is 17.5. The van der Waals surface area contributed by atoms with Crippen LogP contribution in [0.2, 0.25) is 5.15 Å². The second kappa shape index (κ2) is 6.87. The monoisotopic (exact) mass is 404 g/mol. The highest BCUT2D eigenvalue weighted by atomic mass is 35.5. The molecule has 25 heavy (non-hydrogen) atoms. The van der Waals surface area contributed by atoms with Crippen LogP contribution in [0.25, 0.3) is 5.69 Å². The van der Waals surface area contributed by atoms with E-state index in [1.165, 1.54) is 16.8 Å². The Morgan fingerprint density at radius 2 is 2.00 bits per heavy atom. The van der Waals surface area contributed by atoms with Crippen LogP contribution < -0.4 is 4.74 Å². The third kappa shape index (κ3) is 4.01. The molecule has 0 fully saturated rings. The molecule has 0 aliphatic carbocycles. The van der Waals surface area contributed by atoms with Crippen LogP contribution in [0.1, 0.15) is 5.56 Å². The highest BCUT2D eigenvalue weighted by Gasteiger charge is 2.31. The van der Waals surface area contributed by atoms with Crippen LogP contribution in [0.5, 0.6) is 5.75 Å². The van der Waals surface area contributed by atoms with E-state index >= 15 is 0 Å². The Morgan fingerprint density at radius 1 is 1.28 bits per heavy atom. The zero-order valence-corrected chi connectivity index (χ0v) is 14.1. The van der Waals surface area contributed by atoms with E-state index in [1.54, 1.807) is 0 Å². The summed E-state index contributed by atoms with van der Waals surface area (Å²) in [4.78, 5) is 0. The summed E-state index contributed by atoms with van der Waals surface area (Å²) < 4.78 is 46.1. The molecule has 13 heteroatoms. The summed E-state index contributed by atoms with van der Waals surface area (Å²) in [5.41, 5.74) is 0.622. The fourth-order valence-corrected chi connectivity index (χ4v) is 3.74. The van der Waals surface area contributed by atoms with Crippen molar-refractivity contribution in [3.8, 4) is 17.5 Å². The van der Waals surface area contributed by atoms with Crippen LogP contribution >= 0.6 is 34.9 Å². The van der Waals surface area contributed by atoms with Crippen LogP contribution in [0.15, 0.2) is 33.6 Å². The van der Waals surface area contributed by atoms with Gasteiger partial charge in [0.15, 0.2) is 5.15 Å². The second-order valence-electron chi connectivity index (χ2n) is 4.26. The zero-order valence-electron chi connectivity index (χ0n) is 11.7. The van der Waals surface area contributed by atoms with Crippen molar-refractivity contribution in [2.45, 2.75) is 15.7 Å². The van der Waals surface area contributed by atoms with Gasteiger partial charge in [0, 0.05) is 0 Å².